The van der Waals surface area contributed by atoms with Gasteiger partial charge in [0, 0.05) is 12.1 Å². The molecule has 1 atom stereocenters. The van der Waals surface area contributed by atoms with Crippen LogP contribution < -0.4 is 10.0 Å². The Labute approximate surface area is 167 Å². The van der Waals surface area contributed by atoms with Crippen molar-refractivity contribution in [3.8, 4) is 0 Å². The standard InChI is InChI=1S/C21H28N4O2S/c1-4-5-12-25-20-11-10-18(28(22,26)27)13-19(20)23-21(25)15-24(3)14-17-8-6-16(2)7-9-17/h6-11,13H,4-5,12,14-15H2,1-3H3,(H2,22,26,27)/p+1. The van der Waals surface area contributed by atoms with Crippen molar-refractivity contribution in [3.63, 3.8) is 0 Å². The molecule has 1 heterocycles. The fourth-order valence-corrected chi connectivity index (χ4v) is 3.96. The second-order valence-corrected chi connectivity index (χ2v) is 9.09. The van der Waals surface area contributed by atoms with Gasteiger partial charge in [-0.3, -0.25) is 0 Å². The van der Waals surface area contributed by atoms with Crippen molar-refractivity contribution in [2.24, 2.45) is 5.14 Å². The molecule has 0 bridgehead atoms. The molecule has 6 nitrogen and oxygen atoms in total. The van der Waals surface area contributed by atoms with E-state index in [1.54, 1.807) is 12.1 Å². The number of hydrogen-bond donors (Lipinski definition) is 2. The van der Waals surface area contributed by atoms with Crippen LogP contribution in [0.15, 0.2) is 47.4 Å². The highest BCUT2D eigenvalue weighted by Gasteiger charge is 2.17. The van der Waals surface area contributed by atoms with Gasteiger partial charge in [0.25, 0.3) is 0 Å². The first-order valence-corrected chi connectivity index (χ1v) is 11.2. The number of quaternary nitrogens is 1. The number of aryl methyl sites for hydroxylation is 2. The zero-order valence-electron chi connectivity index (χ0n) is 16.8. The molecule has 3 N–H and O–H groups in total. The maximum absolute atomic E-state index is 11.7. The van der Waals surface area contributed by atoms with Gasteiger partial charge in [0.2, 0.25) is 10.0 Å². The number of fused-ring (bicyclic) bond motifs is 1. The van der Waals surface area contributed by atoms with Crippen LogP contribution in [0, 0.1) is 6.92 Å². The molecule has 0 aliphatic heterocycles. The van der Waals surface area contributed by atoms with E-state index in [4.69, 9.17) is 10.1 Å². The lowest BCUT2D eigenvalue weighted by Gasteiger charge is -2.15. The summed E-state index contributed by atoms with van der Waals surface area (Å²) in [5, 5.41) is 5.28. The maximum Gasteiger partial charge on any atom is 0.238 e. The number of hydrogen-bond acceptors (Lipinski definition) is 3. The minimum atomic E-state index is -3.74. The average Bonchev–Trinajstić information content (AvgIpc) is 2.97. The van der Waals surface area contributed by atoms with Crippen LogP contribution in [-0.4, -0.2) is 25.0 Å². The van der Waals surface area contributed by atoms with Gasteiger partial charge in [0.15, 0.2) is 5.82 Å². The van der Waals surface area contributed by atoms with Gasteiger partial charge in [-0.15, -0.1) is 0 Å². The third kappa shape index (κ3) is 4.79. The second kappa shape index (κ2) is 8.43. The Hall–Kier alpha value is -2.22. The Bertz CT molecular complexity index is 1060. The summed E-state index contributed by atoms with van der Waals surface area (Å²) in [4.78, 5) is 6.18. The lowest BCUT2D eigenvalue weighted by molar-refractivity contribution is -0.908. The van der Waals surface area contributed by atoms with Gasteiger partial charge in [-0.25, -0.2) is 18.5 Å². The van der Waals surface area contributed by atoms with Crippen molar-refractivity contribution in [2.45, 2.75) is 51.2 Å². The Morgan fingerprint density at radius 1 is 1.11 bits per heavy atom. The van der Waals surface area contributed by atoms with E-state index in [-0.39, 0.29) is 4.90 Å². The van der Waals surface area contributed by atoms with Crippen molar-refractivity contribution in [2.75, 3.05) is 7.05 Å². The van der Waals surface area contributed by atoms with Crippen LogP contribution >= 0.6 is 0 Å². The molecule has 3 aromatic rings. The summed E-state index contributed by atoms with van der Waals surface area (Å²) in [6.45, 7) is 6.78. The topological polar surface area (TPSA) is 82.4 Å². The molecule has 2 aromatic carbocycles. The zero-order chi connectivity index (χ0) is 20.3. The lowest BCUT2D eigenvalue weighted by atomic mass is 10.1. The number of imidazole rings is 1. The second-order valence-electron chi connectivity index (χ2n) is 7.53. The highest BCUT2D eigenvalue weighted by atomic mass is 32.2. The van der Waals surface area contributed by atoms with Crippen molar-refractivity contribution in [1.29, 1.82) is 0 Å². The molecular weight excluding hydrogens is 372 g/mol. The molecule has 0 amide bonds. The number of unbranched alkanes of at least 4 members (excludes halogenated alkanes) is 1. The van der Waals surface area contributed by atoms with E-state index in [0.717, 1.165) is 43.8 Å². The van der Waals surface area contributed by atoms with Crippen LogP contribution in [-0.2, 0) is 29.7 Å². The lowest BCUT2D eigenvalue weighted by Crippen LogP contribution is -3.06. The number of benzene rings is 2. The number of nitrogens with two attached hydrogens (primary N) is 1. The van der Waals surface area contributed by atoms with Crippen LogP contribution in [0.4, 0.5) is 0 Å². The minimum absolute atomic E-state index is 0.104. The molecule has 0 spiro atoms. The molecule has 28 heavy (non-hydrogen) atoms. The predicted molar refractivity (Wildman–Crippen MR) is 111 cm³/mol. The van der Waals surface area contributed by atoms with Gasteiger partial charge in [0.05, 0.1) is 23.0 Å². The van der Waals surface area contributed by atoms with Crippen LogP contribution in [0.3, 0.4) is 0 Å². The number of primary sulfonamides is 1. The summed E-state index contributed by atoms with van der Waals surface area (Å²) in [5.41, 5.74) is 4.18. The Morgan fingerprint density at radius 3 is 2.46 bits per heavy atom. The quantitative estimate of drug-likeness (QED) is 0.606. The molecule has 7 heteroatoms. The SMILES string of the molecule is CCCCn1c(C[NH+](C)Cc2ccc(C)cc2)nc2cc(S(N)(=O)=O)ccc21. The number of nitrogens with zero attached hydrogens (tertiary/aromatic N) is 2. The summed E-state index contributed by atoms with van der Waals surface area (Å²) in [6.07, 6.45) is 2.13. The molecule has 1 unspecified atom stereocenters. The third-order valence-electron chi connectivity index (χ3n) is 4.95. The van der Waals surface area contributed by atoms with Crippen LogP contribution in [0.25, 0.3) is 11.0 Å². The van der Waals surface area contributed by atoms with Crippen molar-refractivity contribution < 1.29 is 13.3 Å². The highest BCUT2D eigenvalue weighted by Crippen LogP contribution is 2.20. The summed E-state index contributed by atoms with van der Waals surface area (Å²) in [5.74, 6) is 0.972. The van der Waals surface area contributed by atoms with Gasteiger partial charge >= 0.3 is 0 Å². The molecule has 1 aromatic heterocycles. The first-order valence-electron chi connectivity index (χ1n) is 9.66. The normalized spacial score (nSPS) is 13.1. The summed E-state index contributed by atoms with van der Waals surface area (Å²) in [7, 11) is -1.58. The molecule has 0 aliphatic rings. The smallest absolute Gasteiger partial charge is 0.238 e. The largest absolute Gasteiger partial charge is 0.327 e. The Kier molecular flexibility index (Phi) is 6.17. The van der Waals surface area contributed by atoms with Gasteiger partial charge in [0.1, 0.15) is 13.1 Å². The Balaban J connectivity index is 1.90. The van der Waals surface area contributed by atoms with E-state index in [9.17, 15) is 8.42 Å². The van der Waals surface area contributed by atoms with Crippen molar-refractivity contribution in [3.05, 3.63) is 59.4 Å². The molecular formula is C21H29N4O2S+. The number of rotatable bonds is 8. The maximum atomic E-state index is 11.7. The third-order valence-corrected chi connectivity index (χ3v) is 5.86. The molecule has 0 radical (unpaired) electrons. The summed E-state index contributed by atoms with van der Waals surface area (Å²) in [6, 6.07) is 13.5. The molecule has 0 saturated carbocycles. The monoisotopic (exact) mass is 401 g/mol. The highest BCUT2D eigenvalue weighted by molar-refractivity contribution is 7.89. The fraction of sp³-hybridized carbons (Fsp3) is 0.381. The number of nitrogens with one attached hydrogen (secondary N) is 1. The van der Waals surface area contributed by atoms with Gasteiger partial charge < -0.3 is 9.47 Å². The average molecular weight is 402 g/mol. The van der Waals surface area contributed by atoms with E-state index in [2.05, 4.69) is 49.7 Å². The first-order chi connectivity index (χ1) is 13.3. The Morgan fingerprint density at radius 2 is 1.82 bits per heavy atom. The predicted octanol–water partition coefficient (Wildman–Crippen LogP) is 2.01. The summed E-state index contributed by atoms with van der Waals surface area (Å²) >= 11 is 0. The van der Waals surface area contributed by atoms with Gasteiger partial charge in [-0.1, -0.05) is 43.2 Å². The fourth-order valence-electron chi connectivity index (χ4n) is 3.42. The van der Waals surface area contributed by atoms with Crippen LogP contribution in [0.1, 0.15) is 36.7 Å². The van der Waals surface area contributed by atoms with Crippen LogP contribution in [0.2, 0.25) is 0 Å². The molecule has 3 rings (SSSR count). The van der Waals surface area contributed by atoms with Gasteiger partial charge in [-0.2, -0.15) is 0 Å². The van der Waals surface area contributed by atoms with Crippen molar-refractivity contribution >= 4 is 21.1 Å². The van der Waals surface area contributed by atoms with E-state index in [1.165, 1.54) is 16.0 Å². The number of aromatic nitrogens is 2. The van der Waals surface area contributed by atoms with Gasteiger partial charge in [-0.05, 0) is 31.5 Å². The van der Waals surface area contributed by atoms with Crippen LogP contribution in [0.5, 0.6) is 0 Å². The molecule has 150 valence electrons. The minimum Gasteiger partial charge on any atom is -0.327 e. The molecule has 0 fully saturated rings. The van der Waals surface area contributed by atoms with Crippen molar-refractivity contribution in [1.82, 2.24) is 9.55 Å². The van der Waals surface area contributed by atoms with E-state index >= 15 is 0 Å². The molecule has 0 aliphatic carbocycles. The van der Waals surface area contributed by atoms with E-state index < -0.39 is 10.0 Å². The zero-order valence-corrected chi connectivity index (χ0v) is 17.6. The summed E-state index contributed by atoms with van der Waals surface area (Å²) < 4.78 is 25.6. The van der Waals surface area contributed by atoms with E-state index in [1.807, 2.05) is 6.07 Å². The van der Waals surface area contributed by atoms with E-state index in [0.29, 0.717) is 5.52 Å². The molecule has 0 saturated heterocycles. The number of sulfonamides is 1. The first kappa shape index (κ1) is 20.5.